The maximum atomic E-state index is 14.6. The molecule has 0 aromatic heterocycles. The highest BCUT2D eigenvalue weighted by Crippen LogP contribution is 2.47. The molecule has 4 rings (SSSR count). The molecule has 2 bridgehead atoms. The number of carbonyl (C=O) groups is 6. The predicted molar refractivity (Wildman–Crippen MR) is 236 cm³/mol. The summed E-state index contributed by atoms with van der Waals surface area (Å²) in [4.78, 5) is 87.8. The van der Waals surface area contributed by atoms with E-state index in [2.05, 4.69) is 17.6 Å². The molecule has 1 aromatic rings. The summed E-state index contributed by atoms with van der Waals surface area (Å²) in [5.41, 5.74) is 6.44. The van der Waals surface area contributed by atoms with Gasteiger partial charge < -0.3 is 45.6 Å². The number of piperidine rings is 1. The van der Waals surface area contributed by atoms with Gasteiger partial charge in [0, 0.05) is 46.7 Å². The summed E-state index contributed by atoms with van der Waals surface area (Å²) in [6.45, 7) is 12.6. The van der Waals surface area contributed by atoms with Gasteiger partial charge in [-0.3, -0.25) is 24.0 Å². The Balaban J connectivity index is 1.47. The molecule has 15 heteroatoms. The molecule has 0 spiro atoms. The topological polar surface area (TPSA) is 201 Å². The third kappa shape index (κ3) is 11.9. The number of benzene rings is 1. The molecular weight excluding hydrogens is 793 g/mol. The van der Waals surface area contributed by atoms with Crippen LogP contribution >= 0.6 is 0 Å². The van der Waals surface area contributed by atoms with E-state index in [9.17, 15) is 33.9 Å². The van der Waals surface area contributed by atoms with E-state index >= 15 is 0 Å². The van der Waals surface area contributed by atoms with Gasteiger partial charge in [0.15, 0.2) is 0 Å². The number of rotatable bonds is 24. The molecule has 1 aromatic carbocycles. The number of likely N-dealkylation sites (N-methyl/N-ethyl adjacent to an activating group) is 1. The number of ether oxygens (including phenoxy) is 2. The van der Waals surface area contributed by atoms with E-state index in [1.54, 1.807) is 23.8 Å². The highest BCUT2D eigenvalue weighted by Gasteiger charge is 2.56. The lowest BCUT2D eigenvalue weighted by Gasteiger charge is -2.41. The number of carboxylic acid groups (broad SMARTS) is 1. The van der Waals surface area contributed by atoms with Crippen molar-refractivity contribution in [1.29, 1.82) is 0 Å². The number of methoxy groups -OCH3 is 2. The van der Waals surface area contributed by atoms with Gasteiger partial charge in [-0.25, -0.2) is 4.79 Å². The molecule has 12 atom stereocenters. The molecule has 3 aliphatic rings. The summed E-state index contributed by atoms with van der Waals surface area (Å²) >= 11 is 0. The minimum atomic E-state index is -1.15. The quantitative estimate of drug-likeness (QED) is 0.110. The zero-order valence-corrected chi connectivity index (χ0v) is 38.7. The summed E-state index contributed by atoms with van der Waals surface area (Å²) in [7, 11) is 4.73. The Morgan fingerprint density at radius 1 is 0.935 bits per heavy atom. The minimum Gasteiger partial charge on any atom is -0.480 e. The predicted octanol–water partition coefficient (Wildman–Crippen LogP) is 4.00. The number of nitrogens with two attached hydrogens (primary N) is 1. The first-order valence-electron chi connectivity index (χ1n) is 23.0. The largest absolute Gasteiger partial charge is 0.480 e. The van der Waals surface area contributed by atoms with Crippen molar-refractivity contribution in [2.24, 2.45) is 35.3 Å². The maximum Gasteiger partial charge on any atom is 0.326 e. The van der Waals surface area contributed by atoms with Gasteiger partial charge >= 0.3 is 5.97 Å². The zero-order chi connectivity index (χ0) is 45.8. The standard InChI is InChI=1S/C47H76N6O9/c1-10-29(4)41(51(7)46(58)40(28(2)3)50-45(57)42-33-22-23-35(30(33)5)53(42)38(54)21-15-12-16-24-48)37(61-8)27-39(55)52-25-17-20-36(52)43(62-9)31(6)44(56)49-34(47(59)60)26-32-18-13-11-14-19-32/h11,13-14,18-19,28-31,33-37,40-43H,10,12,15-17,20-27,48H2,1-9H3,(H,49,56)(H,50,57)(H,59,60)/t29-,30-,31+,33-,34-,35?,36-,37+,40-,41-,42-,43+/m0/s1. The second kappa shape index (κ2) is 23.6. The lowest BCUT2D eigenvalue weighted by atomic mass is 9.89. The van der Waals surface area contributed by atoms with Crippen LogP contribution in [0.25, 0.3) is 0 Å². The van der Waals surface area contributed by atoms with Gasteiger partial charge in [0.05, 0.1) is 36.6 Å². The molecule has 2 aliphatic heterocycles. The number of unbranched alkanes of at least 4 members (excludes halogenated alkanes) is 2. The van der Waals surface area contributed by atoms with Crippen LogP contribution in [0.3, 0.4) is 0 Å². The highest BCUT2D eigenvalue weighted by molar-refractivity contribution is 5.93. The molecular formula is C47H76N6O9. The number of likely N-dealkylation sites (tertiary alicyclic amines) is 2. The van der Waals surface area contributed by atoms with Gasteiger partial charge in [-0.15, -0.1) is 0 Å². The molecule has 62 heavy (non-hydrogen) atoms. The van der Waals surface area contributed by atoms with Crippen LogP contribution in [0, 0.1) is 29.6 Å². The van der Waals surface area contributed by atoms with E-state index in [0.29, 0.717) is 38.8 Å². The number of hydrogen-bond acceptors (Lipinski definition) is 9. The van der Waals surface area contributed by atoms with Crippen LogP contribution in [-0.4, -0.2) is 138 Å². The van der Waals surface area contributed by atoms with Crippen LogP contribution in [0.4, 0.5) is 0 Å². The van der Waals surface area contributed by atoms with E-state index in [1.165, 1.54) is 14.2 Å². The minimum absolute atomic E-state index is 0.00683. The lowest BCUT2D eigenvalue weighted by Crippen LogP contribution is -2.60. The van der Waals surface area contributed by atoms with Gasteiger partial charge in [0.1, 0.15) is 18.1 Å². The lowest BCUT2D eigenvalue weighted by molar-refractivity contribution is -0.149. The summed E-state index contributed by atoms with van der Waals surface area (Å²) in [6.07, 6.45) is 5.15. The maximum absolute atomic E-state index is 14.6. The van der Waals surface area contributed by atoms with Crippen LogP contribution in [0.15, 0.2) is 30.3 Å². The number of carboxylic acids is 1. The van der Waals surface area contributed by atoms with Crippen LogP contribution in [0.5, 0.6) is 0 Å². The van der Waals surface area contributed by atoms with Gasteiger partial charge in [0.2, 0.25) is 29.5 Å². The molecule has 1 aliphatic carbocycles. The average molecular weight is 869 g/mol. The first-order valence-corrected chi connectivity index (χ1v) is 23.0. The Kier molecular flexibility index (Phi) is 19.2. The van der Waals surface area contributed by atoms with Crippen molar-refractivity contribution in [3.63, 3.8) is 0 Å². The van der Waals surface area contributed by atoms with E-state index in [-0.39, 0.29) is 66.2 Å². The molecule has 0 radical (unpaired) electrons. The first kappa shape index (κ1) is 50.6. The van der Waals surface area contributed by atoms with E-state index in [1.807, 2.05) is 62.9 Å². The van der Waals surface area contributed by atoms with Crippen LogP contribution in [-0.2, 0) is 44.7 Å². The number of nitrogens with one attached hydrogen (secondary N) is 2. The van der Waals surface area contributed by atoms with Gasteiger partial charge in [-0.05, 0) is 74.3 Å². The van der Waals surface area contributed by atoms with Crippen LogP contribution in [0.2, 0.25) is 0 Å². The molecule has 15 nitrogen and oxygen atoms in total. The number of aliphatic carboxylic acids is 1. The van der Waals surface area contributed by atoms with Gasteiger partial charge in [-0.2, -0.15) is 0 Å². The van der Waals surface area contributed by atoms with Gasteiger partial charge in [0.25, 0.3) is 0 Å². The average Bonchev–Trinajstić information content (AvgIpc) is 3.96. The Bertz CT molecular complexity index is 1660. The summed E-state index contributed by atoms with van der Waals surface area (Å²) in [5, 5.41) is 15.7. The van der Waals surface area contributed by atoms with E-state index < -0.39 is 60.2 Å². The number of fused-ring (bicyclic) bond motifs is 2. The molecule has 2 heterocycles. The number of carbonyl (C=O) groups excluding carboxylic acids is 5. The second-order valence-electron chi connectivity index (χ2n) is 18.4. The number of amides is 5. The molecule has 1 saturated carbocycles. The fourth-order valence-corrected chi connectivity index (χ4v) is 10.4. The summed E-state index contributed by atoms with van der Waals surface area (Å²) < 4.78 is 12.0. The smallest absolute Gasteiger partial charge is 0.326 e. The van der Waals surface area contributed by atoms with Crippen molar-refractivity contribution in [3.8, 4) is 0 Å². The Morgan fingerprint density at radius 3 is 2.23 bits per heavy atom. The Labute approximate surface area is 369 Å². The molecule has 5 amide bonds. The van der Waals surface area contributed by atoms with E-state index in [0.717, 1.165) is 37.7 Å². The van der Waals surface area contributed by atoms with E-state index in [4.69, 9.17) is 15.2 Å². The van der Waals surface area contributed by atoms with Crippen molar-refractivity contribution in [3.05, 3.63) is 35.9 Å². The fraction of sp³-hybridized carbons (Fsp3) is 0.745. The van der Waals surface area contributed by atoms with Gasteiger partial charge in [-0.1, -0.05) is 84.7 Å². The highest BCUT2D eigenvalue weighted by atomic mass is 16.5. The van der Waals surface area contributed by atoms with Crippen molar-refractivity contribution in [1.82, 2.24) is 25.3 Å². The third-order valence-corrected chi connectivity index (χ3v) is 14.2. The Hall–Kier alpha value is -4.08. The summed E-state index contributed by atoms with van der Waals surface area (Å²) in [6, 6.07) is 5.46. The number of nitrogens with zero attached hydrogens (tertiary/aromatic N) is 3. The molecule has 2 saturated heterocycles. The molecule has 348 valence electrons. The monoisotopic (exact) mass is 869 g/mol. The van der Waals surface area contributed by atoms with Crippen molar-refractivity contribution >= 4 is 35.5 Å². The fourth-order valence-electron chi connectivity index (χ4n) is 10.4. The van der Waals surface area contributed by atoms with Crippen molar-refractivity contribution in [2.75, 3.05) is 34.4 Å². The summed E-state index contributed by atoms with van der Waals surface area (Å²) in [5.74, 6) is -3.38. The first-order chi connectivity index (χ1) is 29.5. The zero-order valence-electron chi connectivity index (χ0n) is 38.7. The normalized spacial score (nSPS) is 24.2. The van der Waals surface area contributed by atoms with Crippen LogP contribution < -0.4 is 16.4 Å². The SMILES string of the molecule is CC[C@H](C)[C@@H]([C@@H](CC(=O)N1CCC[C@H]1[C@H](OC)[C@@H](C)C(=O)N[C@@H](Cc1ccccc1)C(=O)O)OC)N(C)C(=O)[C@@H](NC(=O)[C@@H]1[C@H]2CCC([C@H]2C)N1C(=O)CCCCCN)C(C)C. The molecule has 1 unspecified atom stereocenters. The van der Waals surface area contributed by atoms with Crippen molar-refractivity contribution in [2.45, 2.75) is 161 Å². The third-order valence-electron chi connectivity index (χ3n) is 14.2. The second-order valence-corrected chi connectivity index (χ2v) is 18.4. The van der Waals surface area contributed by atoms with Crippen molar-refractivity contribution < 1.29 is 43.3 Å². The van der Waals surface area contributed by atoms with Crippen LogP contribution in [0.1, 0.15) is 111 Å². The molecule has 5 N–H and O–H groups in total. The Morgan fingerprint density at radius 2 is 1.63 bits per heavy atom. The number of hydrogen-bond donors (Lipinski definition) is 4. The molecule has 3 fully saturated rings.